The lowest BCUT2D eigenvalue weighted by molar-refractivity contribution is 0.0927. The monoisotopic (exact) mass is 368 g/mol. The van der Waals surface area contributed by atoms with Crippen molar-refractivity contribution < 1.29 is 9.59 Å². The molecular formula is C23H32N2O2. The van der Waals surface area contributed by atoms with Crippen LogP contribution >= 0.6 is 0 Å². The molecule has 0 unspecified atom stereocenters. The Morgan fingerprint density at radius 2 is 1.52 bits per heavy atom. The van der Waals surface area contributed by atoms with E-state index in [4.69, 9.17) is 0 Å². The van der Waals surface area contributed by atoms with Crippen LogP contribution in [0.4, 0.5) is 0 Å². The Hall–Kier alpha value is -2.10. The normalized spacial score (nSPS) is 18.3. The first-order valence-electron chi connectivity index (χ1n) is 10.6. The molecule has 1 aromatic carbocycles. The van der Waals surface area contributed by atoms with Crippen molar-refractivity contribution in [2.45, 2.75) is 76.7 Å². The Morgan fingerprint density at radius 1 is 0.852 bits per heavy atom. The first-order chi connectivity index (χ1) is 13.2. The van der Waals surface area contributed by atoms with Crippen LogP contribution in [0.25, 0.3) is 0 Å². The first kappa shape index (κ1) is 19.7. The Bertz CT molecular complexity index is 655. The number of amides is 2. The summed E-state index contributed by atoms with van der Waals surface area (Å²) in [4.78, 5) is 24.7. The smallest absolute Gasteiger partial charge is 0.251 e. The molecule has 4 nitrogen and oxygen atoms in total. The summed E-state index contributed by atoms with van der Waals surface area (Å²) in [6.45, 7) is 0.675. The van der Waals surface area contributed by atoms with Crippen LogP contribution in [0.5, 0.6) is 0 Å². The third-order valence-corrected chi connectivity index (χ3v) is 5.72. The number of carbonyl (C=O) groups is 2. The quantitative estimate of drug-likeness (QED) is 0.562. The summed E-state index contributed by atoms with van der Waals surface area (Å²) in [5.74, 6) is -0.0970. The highest BCUT2D eigenvalue weighted by Gasteiger charge is 2.16. The van der Waals surface area contributed by atoms with Gasteiger partial charge in [-0.05, 0) is 69.2 Å². The van der Waals surface area contributed by atoms with E-state index >= 15 is 0 Å². The van der Waals surface area contributed by atoms with Crippen LogP contribution in [0, 0.1) is 0 Å². The van der Waals surface area contributed by atoms with Crippen molar-refractivity contribution in [1.82, 2.24) is 10.6 Å². The van der Waals surface area contributed by atoms with Crippen LogP contribution in [0.15, 0.2) is 35.9 Å². The van der Waals surface area contributed by atoms with Crippen molar-refractivity contribution in [3.05, 3.63) is 47.0 Å². The van der Waals surface area contributed by atoms with E-state index in [-0.39, 0.29) is 17.9 Å². The first-order valence-corrected chi connectivity index (χ1v) is 10.6. The molecule has 2 aliphatic rings. The predicted octanol–water partition coefficient (Wildman–Crippen LogP) is 4.76. The van der Waals surface area contributed by atoms with Gasteiger partial charge in [-0.15, -0.1) is 0 Å². The summed E-state index contributed by atoms with van der Waals surface area (Å²) in [5.41, 5.74) is 2.70. The molecule has 0 aliphatic heterocycles. The van der Waals surface area contributed by atoms with E-state index in [2.05, 4.69) is 16.7 Å². The van der Waals surface area contributed by atoms with E-state index in [0.717, 1.165) is 19.3 Å². The molecule has 0 aromatic heterocycles. The molecule has 146 valence electrons. The lowest BCUT2D eigenvalue weighted by Crippen LogP contribution is -2.34. The van der Waals surface area contributed by atoms with Crippen LogP contribution in [0.1, 0.15) is 91.3 Å². The van der Waals surface area contributed by atoms with Crippen LogP contribution in [-0.4, -0.2) is 24.4 Å². The summed E-state index contributed by atoms with van der Waals surface area (Å²) >= 11 is 0. The van der Waals surface area contributed by atoms with Crippen LogP contribution in [0.2, 0.25) is 0 Å². The molecule has 0 spiro atoms. The molecule has 2 amide bonds. The number of rotatable bonds is 6. The maximum absolute atomic E-state index is 12.4. The van der Waals surface area contributed by atoms with Crippen LogP contribution < -0.4 is 10.6 Å². The van der Waals surface area contributed by atoms with Gasteiger partial charge in [0.1, 0.15) is 0 Å². The highest BCUT2D eigenvalue weighted by Crippen LogP contribution is 2.20. The van der Waals surface area contributed by atoms with Gasteiger partial charge in [-0.2, -0.15) is 0 Å². The van der Waals surface area contributed by atoms with Crippen molar-refractivity contribution in [3.63, 3.8) is 0 Å². The fourth-order valence-electron chi connectivity index (χ4n) is 4.04. The van der Waals surface area contributed by atoms with Gasteiger partial charge in [0.05, 0.1) is 0 Å². The molecule has 0 atom stereocenters. The zero-order chi connectivity index (χ0) is 18.9. The van der Waals surface area contributed by atoms with E-state index in [1.54, 1.807) is 24.3 Å². The Morgan fingerprint density at radius 3 is 2.15 bits per heavy atom. The van der Waals surface area contributed by atoms with Gasteiger partial charge < -0.3 is 10.6 Å². The molecule has 27 heavy (non-hydrogen) atoms. The average Bonchev–Trinajstić information content (AvgIpc) is 2.97. The van der Waals surface area contributed by atoms with E-state index in [1.165, 1.54) is 56.9 Å². The van der Waals surface area contributed by atoms with E-state index in [0.29, 0.717) is 17.7 Å². The Labute approximate surface area is 162 Å². The SMILES string of the molecule is O=C(NCCC1=CCCCC1)c1ccc(C(=O)NC2CCCCCC2)cc1. The number of benzene rings is 1. The maximum atomic E-state index is 12.4. The number of hydrogen-bond donors (Lipinski definition) is 2. The van der Waals surface area contributed by atoms with E-state index in [1.807, 2.05) is 0 Å². The minimum Gasteiger partial charge on any atom is -0.352 e. The van der Waals surface area contributed by atoms with Gasteiger partial charge in [-0.3, -0.25) is 9.59 Å². The summed E-state index contributed by atoms with van der Waals surface area (Å²) < 4.78 is 0. The van der Waals surface area contributed by atoms with Gasteiger partial charge in [-0.1, -0.05) is 37.3 Å². The van der Waals surface area contributed by atoms with Crippen LogP contribution in [0.3, 0.4) is 0 Å². The summed E-state index contributed by atoms with van der Waals surface area (Å²) in [6, 6.07) is 7.29. The zero-order valence-corrected chi connectivity index (χ0v) is 16.3. The van der Waals surface area contributed by atoms with E-state index in [9.17, 15) is 9.59 Å². The van der Waals surface area contributed by atoms with Crippen molar-refractivity contribution in [2.75, 3.05) is 6.54 Å². The number of nitrogens with one attached hydrogen (secondary N) is 2. The topological polar surface area (TPSA) is 58.2 Å². The molecule has 0 radical (unpaired) electrons. The number of carbonyl (C=O) groups excluding carboxylic acids is 2. The second kappa shape index (κ2) is 10.3. The molecule has 0 bridgehead atoms. The van der Waals surface area contributed by atoms with Crippen molar-refractivity contribution in [3.8, 4) is 0 Å². The second-order valence-electron chi connectivity index (χ2n) is 7.85. The molecule has 2 aliphatic carbocycles. The molecule has 1 fully saturated rings. The van der Waals surface area contributed by atoms with Gasteiger partial charge in [0.15, 0.2) is 0 Å². The predicted molar refractivity (Wildman–Crippen MR) is 109 cm³/mol. The number of hydrogen-bond acceptors (Lipinski definition) is 2. The van der Waals surface area contributed by atoms with E-state index < -0.39 is 0 Å². The largest absolute Gasteiger partial charge is 0.352 e. The minimum atomic E-state index is -0.0675. The maximum Gasteiger partial charge on any atom is 0.251 e. The molecular weight excluding hydrogens is 336 g/mol. The van der Waals surface area contributed by atoms with Gasteiger partial charge in [0.2, 0.25) is 0 Å². The third kappa shape index (κ3) is 6.23. The molecule has 2 N–H and O–H groups in total. The van der Waals surface area contributed by atoms with Crippen molar-refractivity contribution >= 4 is 11.8 Å². The Kier molecular flexibility index (Phi) is 7.49. The molecule has 1 saturated carbocycles. The van der Waals surface area contributed by atoms with Crippen molar-refractivity contribution in [2.24, 2.45) is 0 Å². The molecule has 0 heterocycles. The lowest BCUT2D eigenvalue weighted by Gasteiger charge is -2.16. The van der Waals surface area contributed by atoms with Gasteiger partial charge in [0.25, 0.3) is 11.8 Å². The Balaban J connectivity index is 1.46. The van der Waals surface area contributed by atoms with Crippen molar-refractivity contribution in [1.29, 1.82) is 0 Å². The zero-order valence-electron chi connectivity index (χ0n) is 16.3. The molecule has 0 saturated heterocycles. The van der Waals surface area contributed by atoms with Gasteiger partial charge in [0, 0.05) is 23.7 Å². The minimum absolute atomic E-state index is 0.0295. The third-order valence-electron chi connectivity index (χ3n) is 5.72. The fraction of sp³-hybridized carbons (Fsp3) is 0.565. The molecule has 3 rings (SSSR count). The highest BCUT2D eigenvalue weighted by atomic mass is 16.2. The summed E-state index contributed by atoms with van der Waals surface area (Å²) in [5, 5.41) is 6.14. The highest BCUT2D eigenvalue weighted by molar-refractivity contribution is 5.97. The lowest BCUT2D eigenvalue weighted by atomic mass is 9.97. The van der Waals surface area contributed by atoms with Gasteiger partial charge >= 0.3 is 0 Å². The summed E-state index contributed by atoms with van der Waals surface area (Å²) in [7, 11) is 0. The average molecular weight is 369 g/mol. The molecule has 1 aromatic rings. The molecule has 4 heteroatoms. The fourth-order valence-corrected chi connectivity index (χ4v) is 4.04. The van der Waals surface area contributed by atoms with Gasteiger partial charge in [-0.25, -0.2) is 0 Å². The number of allylic oxidation sites excluding steroid dienone is 1. The second-order valence-corrected chi connectivity index (χ2v) is 7.85. The standard InChI is InChI=1S/C23H32N2O2/c26-22(24-17-16-18-8-4-3-5-9-18)19-12-14-20(15-13-19)23(27)25-21-10-6-1-2-7-11-21/h8,12-15,21H,1-7,9-11,16-17H2,(H,24,26)(H,25,27). The van der Waals surface area contributed by atoms with Crippen LogP contribution in [-0.2, 0) is 0 Å². The summed E-state index contributed by atoms with van der Waals surface area (Å²) in [6.07, 6.45) is 15.2.